The molecular formula is C13H19NO. The topological polar surface area (TPSA) is 43.1 Å². The molecule has 2 nitrogen and oxygen atoms in total. The minimum absolute atomic E-state index is 0.116. The lowest BCUT2D eigenvalue weighted by Gasteiger charge is -2.17. The van der Waals surface area contributed by atoms with Gasteiger partial charge in [-0.05, 0) is 44.9 Å². The van der Waals surface area contributed by atoms with Gasteiger partial charge in [0.15, 0.2) is 5.78 Å². The van der Waals surface area contributed by atoms with Crippen LogP contribution in [0.5, 0.6) is 0 Å². The zero-order valence-electron chi connectivity index (χ0n) is 9.92. The number of rotatable bonds is 3. The van der Waals surface area contributed by atoms with Crippen LogP contribution in [0.15, 0.2) is 18.2 Å². The number of nitrogens with two attached hydrogens (primary N) is 1. The highest BCUT2D eigenvalue weighted by Gasteiger charge is 2.17. The Bertz CT molecular complexity index is 375. The molecule has 0 heterocycles. The van der Waals surface area contributed by atoms with Crippen molar-refractivity contribution in [1.29, 1.82) is 0 Å². The largest absolute Gasteiger partial charge is 0.325 e. The van der Waals surface area contributed by atoms with E-state index in [1.165, 1.54) is 5.56 Å². The van der Waals surface area contributed by atoms with E-state index in [1.54, 1.807) is 0 Å². The highest BCUT2D eigenvalue weighted by molar-refractivity contribution is 5.97. The smallest absolute Gasteiger partial charge is 0.164 e. The van der Waals surface area contributed by atoms with Crippen LogP contribution < -0.4 is 5.73 Å². The average Bonchev–Trinajstić information content (AvgIpc) is 2.06. The molecule has 1 aromatic rings. The molecule has 0 saturated carbocycles. The van der Waals surface area contributed by atoms with Crippen molar-refractivity contribution < 1.29 is 4.79 Å². The number of carbonyl (C=O) groups excluding carboxylic acids is 1. The van der Waals surface area contributed by atoms with Gasteiger partial charge in [0, 0.05) is 17.5 Å². The summed E-state index contributed by atoms with van der Waals surface area (Å²) in [6.45, 7) is 7.79. The molecule has 0 radical (unpaired) electrons. The standard InChI is InChI=1S/C13H19NO/c1-9-5-6-11(7-10(9)2)12(15)8-13(3,4)14/h5-7H,8,14H2,1-4H3. The predicted octanol–water partition coefficient (Wildman–Crippen LogP) is 2.61. The Kier molecular flexibility index (Phi) is 3.30. The van der Waals surface area contributed by atoms with Crippen molar-refractivity contribution in [3.8, 4) is 0 Å². The van der Waals surface area contributed by atoms with Crippen LogP contribution in [0.2, 0.25) is 0 Å². The van der Waals surface area contributed by atoms with Crippen molar-refractivity contribution in [2.24, 2.45) is 5.73 Å². The minimum atomic E-state index is -0.435. The van der Waals surface area contributed by atoms with Crippen LogP contribution in [0.25, 0.3) is 0 Å². The molecule has 0 atom stereocenters. The molecule has 0 fully saturated rings. The third-order valence-electron chi connectivity index (χ3n) is 2.45. The Morgan fingerprint density at radius 3 is 2.33 bits per heavy atom. The Hall–Kier alpha value is -1.15. The molecular weight excluding hydrogens is 186 g/mol. The first-order valence-corrected chi connectivity index (χ1v) is 5.19. The van der Waals surface area contributed by atoms with Gasteiger partial charge in [-0.1, -0.05) is 12.1 Å². The number of carbonyl (C=O) groups is 1. The quantitative estimate of drug-likeness (QED) is 0.771. The van der Waals surface area contributed by atoms with Crippen molar-refractivity contribution in [2.45, 2.75) is 39.7 Å². The lowest BCUT2D eigenvalue weighted by molar-refractivity contribution is 0.0960. The Labute approximate surface area is 91.5 Å². The second-order valence-electron chi connectivity index (χ2n) is 4.89. The van der Waals surface area contributed by atoms with Gasteiger partial charge < -0.3 is 5.73 Å². The van der Waals surface area contributed by atoms with E-state index in [0.717, 1.165) is 11.1 Å². The number of aryl methyl sites for hydroxylation is 2. The molecule has 0 spiro atoms. The summed E-state index contributed by atoms with van der Waals surface area (Å²) in [4.78, 5) is 11.8. The zero-order valence-corrected chi connectivity index (χ0v) is 9.92. The number of Topliss-reactive ketones (excluding diaryl/α,β-unsaturated/α-hetero) is 1. The fourth-order valence-corrected chi connectivity index (χ4v) is 1.43. The van der Waals surface area contributed by atoms with Gasteiger partial charge in [-0.3, -0.25) is 4.79 Å². The molecule has 2 N–H and O–H groups in total. The van der Waals surface area contributed by atoms with Crippen LogP contribution in [0.4, 0.5) is 0 Å². The molecule has 0 aliphatic carbocycles. The molecule has 15 heavy (non-hydrogen) atoms. The first-order chi connectivity index (χ1) is 6.79. The van der Waals surface area contributed by atoms with E-state index >= 15 is 0 Å². The highest BCUT2D eigenvalue weighted by atomic mass is 16.1. The molecule has 0 amide bonds. The van der Waals surface area contributed by atoms with Gasteiger partial charge in [-0.25, -0.2) is 0 Å². The monoisotopic (exact) mass is 205 g/mol. The fraction of sp³-hybridized carbons (Fsp3) is 0.462. The van der Waals surface area contributed by atoms with Crippen molar-refractivity contribution >= 4 is 5.78 Å². The second-order valence-corrected chi connectivity index (χ2v) is 4.89. The normalized spacial score (nSPS) is 11.5. The molecule has 1 aromatic carbocycles. The average molecular weight is 205 g/mol. The van der Waals surface area contributed by atoms with Crippen LogP contribution >= 0.6 is 0 Å². The van der Waals surface area contributed by atoms with Gasteiger partial charge in [0.2, 0.25) is 0 Å². The van der Waals surface area contributed by atoms with E-state index in [2.05, 4.69) is 0 Å². The van der Waals surface area contributed by atoms with Crippen LogP contribution in [0.3, 0.4) is 0 Å². The van der Waals surface area contributed by atoms with E-state index in [0.29, 0.717) is 6.42 Å². The van der Waals surface area contributed by atoms with E-state index in [9.17, 15) is 4.79 Å². The zero-order chi connectivity index (χ0) is 11.6. The second kappa shape index (κ2) is 4.15. The fourth-order valence-electron chi connectivity index (χ4n) is 1.43. The minimum Gasteiger partial charge on any atom is -0.325 e. The van der Waals surface area contributed by atoms with Gasteiger partial charge in [0.25, 0.3) is 0 Å². The third-order valence-corrected chi connectivity index (χ3v) is 2.45. The molecule has 82 valence electrons. The van der Waals surface area contributed by atoms with Crippen LogP contribution in [0, 0.1) is 13.8 Å². The predicted molar refractivity (Wildman–Crippen MR) is 63.1 cm³/mol. The molecule has 0 aliphatic heterocycles. The maximum Gasteiger partial charge on any atom is 0.164 e. The summed E-state index contributed by atoms with van der Waals surface area (Å²) in [7, 11) is 0. The lowest BCUT2D eigenvalue weighted by Crippen LogP contribution is -2.34. The number of ketones is 1. The molecule has 0 unspecified atom stereocenters. The van der Waals surface area contributed by atoms with Gasteiger partial charge in [-0.2, -0.15) is 0 Å². The first-order valence-electron chi connectivity index (χ1n) is 5.19. The molecule has 0 aromatic heterocycles. The van der Waals surface area contributed by atoms with Crippen molar-refractivity contribution in [1.82, 2.24) is 0 Å². The number of hydrogen-bond donors (Lipinski definition) is 1. The Balaban J connectivity index is 2.88. The Morgan fingerprint density at radius 1 is 1.27 bits per heavy atom. The molecule has 0 aliphatic rings. The summed E-state index contributed by atoms with van der Waals surface area (Å²) in [5, 5.41) is 0. The van der Waals surface area contributed by atoms with E-state index in [-0.39, 0.29) is 5.78 Å². The van der Waals surface area contributed by atoms with Crippen molar-refractivity contribution in [3.05, 3.63) is 34.9 Å². The highest BCUT2D eigenvalue weighted by Crippen LogP contribution is 2.14. The third kappa shape index (κ3) is 3.48. The molecule has 1 rings (SSSR count). The summed E-state index contributed by atoms with van der Waals surface area (Å²) in [5.74, 6) is 0.116. The van der Waals surface area contributed by atoms with Gasteiger partial charge in [-0.15, -0.1) is 0 Å². The summed E-state index contributed by atoms with van der Waals surface area (Å²) >= 11 is 0. The maximum atomic E-state index is 11.8. The summed E-state index contributed by atoms with van der Waals surface area (Å²) in [6.07, 6.45) is 0.384. The summed E-state index contributed by atoms with van der Waals surface area (Å²) in [6, 6.07) is 5.78. The molecule has 2 heteroatoms. The summed E-state index contributed by atoms with van der Waals surface area (Å²) in [5.41, 5.74) is 8.50. The number of benzene rings is 1. The molecule has 0 saturated heterocycles. The van der Waals surface area contributed by atoms with Gasteiger partial charge in [0.05, 0.1) is 0 Å². The van der Waals surface area contributed by atoms with E-state index < -0.39 is 5.54 Å². The van der Waals surface area contributed by atoms with Crippen LogP contribution in [-0.2, 0) is 0 Å². The Morgan fingerprint density at radius 2 is 1.87 bits per heavy atom. The van der Waals surface area contributed by atoms with Crippen LogP contribution in [-0.4, -0.2) is 11.3 Å². The van der Waals surface area contributed by atoms with Crippen LogP contribution in [0.1, 0.15) is 41.8 Å². The molecule has 0 bridgehead atoms. The van der Waals surface area contributed by atoms with E-state index in [4.69, 9.17) is 5.73 Å². The summed E-state index contributed by atoms with van der Waals surface area (Å²) < 4.78 is 0. The number of hydrogen-bond acceptors (Lipinski definition) is 2. The lowest BCUT2D eigenvalue weighted by atomic mass is 9.94. The first kappa shape index (κ1) is 11.9. The van der Waals surface area contributed by atoms with Crippen molar-refractivity contribution in [3.63, 3.8) is 0 Å². The van der Waals surface area contributed by atoms with Crippen molar-refractivity contribution in [2.75, 3.05) is 0 Å². The SMILES string of the molecule is Cc1ccc(C(=O)CC(C)(C)N)cc1C. The van der Waals surface area contributed by atoms with E-state index in [1.807, 2.05) is 45.9 Å². The van der Waals surface area contributed by atoms with Gasteiger partial charge >= 0.3 is 0 Å². The maximum absolute atomic E-state index is 11.8. The van der Waals surface area contributed by atoms with Gasteiger partial charge in [0.1, 0.15) is 0 Å².